The number of hydrogen-bond acceptors (Lipinski definition) is 7. The maximum atomic E-state index is 13.2. The quantitative estimate of drug-likeness (QED) is 0.721. The fourth-order valence-electron chi connectivity index (χ4n) is 4.39. The van der Waals surface area contributed by atoms with E-state index in [1.807, 2.05) is 24.3 Å². The van der Waals surface area contributed by atoms with Crippen molar-refractivity contribution >= 4 is 35.2 Å². The molecule has 4 rings (SSSR count). The molecule has 3 heterocycles. The number of carbonyl (C=O) groups is 3. The van der Waals surface area contributed by atoms with Gasteiger partial charge in [-0.05, 0) is 30.2 Å². The van der Waals surface area contributed by atoms with Crippen LogP contribution in [0.4, 0.5) is 10.5 Å². The van der Waals surface area contributed by atoms with E-state index < -0.39 is 30.8 Å². The predicted molar refractivity (Wildman–Crippen MR) is 106 cm³/mol. The number of fused-ring (bicyclic) bond motifs is 3. The Balaban J connectivity index is 1.66. The summed E-state index contributed by atoms with van der Waals surface area (Å²) in [6.45, 7) is 3.23. The Morgan fingerprint density at radius 1 is 1.24 bits per heavy atom. The summed E-state index contributed by atoms with van der Waals surface area (Å²) in [6, 6.07) is 6.47. The van der Waals surface area contributed by atoms with Crippen LogP contribution in [0.25, 0.3) is 0 Å². The fourth-order valence-corrected chi connectivity index (χ4v) is 4.52. The van der Waals surface area contributed by atoms with Gasteiger partial charge in [0.05, 0.1) is 7.11 Å². The van der Waals surface area contributed by atoms with Crippen LogP contribution in [0.3, 0.4) is 0 Å². The van der Waals surface area contributed by atoms with E-state index in [4.69, 9.17) is 11.6 Å². The Morgan fingerprint density at radius 2 is 1.93 bits per heavy atom. The predicted octanol–water partition coefficient (Wildman–Crippen LogP) is 0.747. The van der Waals surface area contributed by atoms with E-state index in [1.165, 1.54) is 12.0 Å². The summed E-state index contributed by atoms with van der Waals surface area (Å²) < 4.78 is 4.65. The summed E-state index contributed by atoms with van der Waals surface area (Å²) in [5.74, 6) is -0.716. The summed E-state index contributed by atoms with van der Waals surface area (Å²) in [4.78, 5) is 44.4. The molecule has 3 saturated heterocycles. The summed E-state index contributed by atoms with van der Waals surface area (Å²) in [7, 11) is 2.87. The number of carbonyl (C=O) groups excluding carboxylic acids is 3. The van der Waals surface area contributed by atoms with Crippen molar-refractivity contribution in [3.8, 4) is 0 Å². The molecule has 29 heavy (non-hydrogen) atoms. The maximum absolute atomic E-state index is 13.2. The monoisotopic (exact) mass is 421 g/mol. The van der Waals surface area contributed by atoms with Crippen molar-refractivity contribution in [2.45, 2.75) is 25.4 Å². The van der Waals surface area contributed by atoms with Crippen LogP contribution in [0, 0.1) is 5.92 Å². The Kier molecular flexibility index (Phi) is 5.14. The standard InChI is InChI=1S/C19H24ClN5O4/c1-11-8-23(13-6-4-12(20)5-7-13)18-21-16-15(24(18)9-11)17(27)25(10-14(26)29-3)19(28)22(16)2/h4-7,11,15-16,18,21H,8-10H2,1-3H3. The number of amides is 3. The van der Waals surface area contributed by atoms with Crippen molar-refractivity contribution in [3.63, 3.8) is 0 Å². The summed E-state index contributed by atoms with van der Waals surface area (Å²) in [5, 5.41) is 4.09. The summed E-state index contributed by atoms with van der Waals surface area (Å²) in [6.07, 6.45) is -0.728. The van der Waals surface area contributed by atoms with E-state index in [-0.39, 0.29) is 12.2 Å². The molecule has 0 bridgehead atoms. The van der Waals surface area contributed by atoms with E-state index in [0.29, 0.717) is 17.5 Å². The molecule has 3 amide bonds. The van der Waals surface area contributed by atoms with Crippen LogP contribution in [0.5, 0.6) is 0 Å². The van der Waals surface area contributed by atoms with Crippen molar-refractivity contribution in [1.82, 2.24) is 20.0 Å². The van der Waals surface area contributed by atoms with Crippen molar-refractivity contribution in [3.05, 3.63) is 29.3 Å². The van der Waals surface area contributed by atoms with Crippen LogP contribution in [-0.2, 0) is 14.3 Å². The molecule has 0 aromatic heterocycles. The lowest BCUT2D eigenvalue weighted by atomic mass is 10.0. The minimum Gasteiger partial charge on any atom is -0.468 e. The lowest BCUT2D eigenvalue weighted by molar-refractivity contribution is -0.149. The topological polar surface area (TPSA) is 85.4 Å². The van der Waals surface area contributed by atoms with Crippen LogP contribution >= 0.6 is 11.6 Å². The zero-order valence-corrected chi connectivity index (χ0v) is 17.3. The highest BCUT2D eigenvalue weighted by Crippen LogP contribution is 2.34. The van der Waals surface area contributed by atoms with Gasteiger partial charge in [0.15, 0.2) is 0 Å². The number of ether oxygens (including phenoxy) is 1. The van der Waals surface area contributed by atoms with Crippen molar-refractivity contribution in [2.75, 3.05) is 38.7 Å². The third-order valence-electron chi connectivity index (χ3n) is 5.76. The minimum absolute atomic E-state index is 0.250. The first-order valence-corrected chi connectivity index (χ1v) is 9.88. The number of imide groups is 1. The minimum atomic E-state index is -0.629. The summed E-state index contributed by atoms with van der Waals surface area (Å²) >= 11 is 6.04. The number of urea groups is 1. The highest BCUT2D eigenvalue weighted by atomic mass is 35.5. The van der Waals surface area contributed by atoms with Crippen LogP contribution in [-0.4, -0.2) is 84.9 Å². The van der Waals surface area contributed by atoms with Gasteiger partial charge in [0.25, 0.3) is 5.91 Å². The van der Waals surface area contributed by atoms with Gasteiger partial charge in [0.1, 0.15) is 25.0 Å². The molecular formula is C19H24ClN5O4. The van der Waals surface area contributed by atoms with Gasteiger partial charge in [-0.2, -0.15) is 0 Å². The molecule has 4 atom stereocenters. The number of nitrogens with zero attached hydrogens (tertiary/aromatic N) is 4. The van der Waals surface area contributed by atoms with Gasteiger partial charge in [-0.25, -0.2) is 4.79 Å². The molecule has 156 valence electrons. The normalized spacial score (nSPS) is 29.7. The van der Waals surface area contributed by atoms with Gasteiger partial charge >= 0.3 is 12.0 Å². The van der Waals surface area contributed by atoms with Crippen LogP contribution in [0.2, 0.25) is 5.02 Å². The zero-order valence-electron chi connectivity index (χ0n) is 16.5. The molecule has 3 aliphatic heterocycles. The number of methoxy groups -OCH3 is 1. The van der Waals surface area contributed by atoms with E-state index in [9.17, 15) is 14.4 Å². The second kappa shape index (κ2) is 7.47. The zero-order chi connectivity index (χ0) is 20.9. The second-order valence-electron chi connectivity index (χ2n) is 7.75. The van der Waals surface area contributed by atoms with Crippen molar-refractivity contribution in [1.29, 1.82) is 0 Å². The van der Waals surface area contributed by atoms with Gasteiger partial charge in [0.2, 0.25) is 0 Å². The van der Waals surface area contributed by atoms with Gasteiger partial charge in [0, 0.05) is 30.8 Å². The first-order chi connectivity index (χ1) is 13.8. The van der Waals surface area contributed by atoms with Gasteiger partial charge < -0.3 is 14.5 Å². The van der Waals surface area contributed by atoms with Crippen LogP contribution < -0.4 is 10.2 Å². The number of esters is 1. The van der Waals surface area contributed by atoms with Crippen LogP contribution in [0.15, 0.2) is 24.3 Å². The largest absolute Gasteiger partial charge is 0.468 e. The first kappa shape index (κ1) is 19.9. The van der Waals surface area contributed by atoms with E-state index in [1.54, 1.807) is 7.05 Å². The third-order valence-corrected chi connectivity index (χ3v) is 6.01. The smallest absolute Gasteiger partial charge is 0.328 e. The number of nitrogens with one attached hydrogen (secondary N) is 1. The molecule has 10 heteroatoms. The number of anilines is 1. The van der Waals surface area contributed by atoms with Gasteiger partial charge in [-0.15, -0.1) is 0 Å². The maximum Gasteiger partial charge on any atom is 0.328 e. The lowest BCUT2D eigenvalue weighted by Gasteiger charge is -2.45. The Morgan fingerprint density at radius 3 is 2.59 bits per heavy atom. The molecule has 0 radical (unpaired) electrons. The van der Waals surface area contributed by atoms with E-state index in [2.05, 4.69) is 26.8 Å². The van der Waals surface area contributed by atoms with E-state index in [0.717, 1.165) is 17.1 Å². The lowest BCUT2D eigenvalue weighted by Crippen LogP contribution is -2.67. The molecule has 9 nitrogen and oxygen atoms in total. The number of likely N-dealkylation sites (N-methyl/N-ethyl adjacent to an activating group) is 1. The molecule has 0 aliphatic carbocycles. The number of hydrogen-bond donors (Lipinski definition) is 1. The molecule has 0 saturated carbocycles. The number of rotatable bonds is 3. The Labute approximate surface area is 174 Å². The fraction of sp³-hybridized carbons (Fsp3) is 0.526. The molecular weight excluding hydrogens is 398 g/mol. The highest BCUT2D eigenvalue weighted by Gasteiger charge is 2.57. The van der Waals surface area contributed by atoms with Crippen LogP contribution in [0.1, 0.15) is 6.92 Å². The summed E-state index contributed by atoms with van der Waals surface area (Å²) in [5.41, 5.74) is 0.981. The van der Waals surface area contributed by atoms with Gasteiger partial charge in [-0.1, -0.05) is 18.5 Å². The Hall–Kier alpha value is -2.36. The van der Waals surface area contributed by atoms with Crippen molar-refractivity contribution < 1.29 is 19.1 Å². The molecule has 1 N–H and O–H groups in total. The first-order valence-electron chi connectivity index (χ1n) is 9.50. The molecule has 4 unspecified atom stereocenters. The molecule has 1 aromatic rings. The molecule has 0 spiro atoms. The third kappa shape index (κ3) is 3.33. The average molecular weight is 422 g/mol. The number of halogens is 1. The SMILES string of the molecule is COC(=O)CN1C(=O)C2C(NC3N(c4ccc(Cl)cc4)CC(C)CN23)N(C)C1=O. The number of benzene rings is 1. The molecule has 3 aliphatic rings. The molecule has 1 aromatic carbocycles. The van der Waals surface area contributed by atoms with Gasteiger partial charge in [-0.3, -0.25) is 24.7 Å². The van der Waals surface area contributed by atoms with Crippen molar-refractivity contribution in [2.24, 2.45) is 5.92 Å². The van der Waals surface area contributed by atoms with E-state index >= 15 is 0 Å². The molecule has 3 fully saturated rings. The Bertz CT molecular complexity index is 834. The highest BCUT2D eigenvalue weighted by molar-refractivity contribution is 6.30. The second-order valence-corrected chi connectivity index (χ2v) is 8.19. The average Bonchev–Trinajstić information content (AvgIpc) is 3.09.